The van der Waals surface area contributed by atoms with Gasteiger partial charge in [-0.1, -0.05) is 12.1 Å². The molecule has 1 aromatic rings. The van der Waals surface area contributed by atoms with Crippen LogP contribution in [0.15, 0.2) is 24.3 Å². The fraction of sp³-hybridized carbons (Fsp3) is 0.600. The van der Waals surface area contributed by atoms with Gasteiger partial charge in [0.25, 0.3) is 11.8 Å². The van der Waals surface area contributed by atoms with Crippen molar-refractivity contribution in [2.75, 3.05) is 26.8 Å². The highest BCUT2D eigenvalue weighted by Crippen LogP contribution is 2.25. The maximum atomic E-state index is 12.7. The van der Waals surface area contributed by atoms with Crippen LogP contribution >= 0.6 is 0 Å². The Morgan fingerprint density at radius 2 is 1.89 bits per heavy atom. The fourth-order valence-electron chi connectivity index (χ4n) is 3.26. The van der Waals surface area contributed by atoms with Gasteiger partial charge in [0, 0.05) is 13.2 Å². The van der Waals surface area contributed by atoms with Crippen LogP contribution in [0.1, 0.15) is 44.2 Å². The number of carbonyl (C=O) groups is 2. The molecule has 1 aromatic carbocycles. The van der Waals surface area contributed by atoms with Gasteiger partial charge in [0.05, 0.1) is 6.04 Å². The fourth-order valence-corrected chi connectivity index (χ4v) is 3.26. The summed E-state index contributed by atoms with van der Waals surface area (Å²) in [5, 5.41) is 9.20. The molecule has 3 rings (SSSR count). The van der Waals surface area contributed by atoms with Gasteiger partial charge in [-0.3, -0.25) is 9.59 Å². The van der Waals surface area contributed by atoms with E-state index >= 15 is 0 Å². The molecule has 7 heteroatoms. The molecule has 27 heavy (non-hydrogen) atoms. The van der Waals surface area contributed by atoms with Crippen molar-refractivity contribution in [1.82, 2.24) is 16.0 Å². The van der Waals surface area contributed by atoms with Gasteiger partial charge in [-0.25, -0.2) is 0 Å². The molecule has 2 aliphatic rings. The Kier molecular flexibility index (Phi) is 6.34. The molecule has 0 radical (unpaired) electrons. The zero-order chi connectivity index (χ0) is 19.3. The zero-order valence-corrected chi connectivity index (χ0v) is 16.0. The van der Waals surface area contributed by atoms with Crippen molar-refractivity contribution in [1.29, 1.82) is 0 Å². The van der Waals surface area contributed by atoms with E-state index in [0.29, 0.717) is 24.6 Å². The highest BCUT2D eigenvalue weighted by Gasteiger charge is 2.40. The monoisotopic (exact) mass is 375 g/mol. The summed E-state index contributed by atoms with van der Waals surface area (Å²) in [7, 11) is 1.60. The van der Waals surface area contributed by atoms with E-state index in [2.05, 4.69) is 16.0 Å². The third kappa shape index (κ3) is 5.20. The number of hydrogen-bond donors (Lipinski definition) is 3. The molecule has 1 heterocycles. The first kappa shape index (κ1) is 19.6. The summed E-state index contributed by atoms with van der Waals surface area (Å²) in [5.74, 6) is 0.472. The zero-order valence-electron chi connectivity index (χ0n) is 16.0. The van der Waals surface area contributed by atoms with E-state index in [4.69, 9.17) is 9.47 Å². The van der Waals surface area contributed by atoms with Crippen LogP contribution in [0, 0.1) is 0 Å². The van der Waals surface area contributed by atoms with Gasteiger partial charge in [-0.05, 0) is 63.4 Å². The first-order valence-electron chi connectivity index (χ1n) is 9.61. The van der Waals surface area contributed by atoms with Crippen molar-refractivity contribution in [3.63, 3.8) is 0 Å². The van der Waals surface area contributed by atoms with Crippen molar-refractivity contribution < 1.29 is 19.1 Å². The summed E-state index contributed by atoms with van der Waals surface area (Å²) in [4.78, 5) is 24.4. The van der Waals surface area contributed by atoms with Gasteiger partial charge in [0.1, 0.15) is 11.4 Å². The van der Waals surface area contributed by atoms with E-state index in [9.17, 15) is 9.59 Å². The summed E-state index contributed by atoms with van der Waals surface area (Å²) in [5.41, 5.74) is 0.218. The Bertz CT molecular complexity index is 652. The first-order valence-corrected chi connectivity index (χ1v) is 9.61. The second-order valence-electron chi connectivity index (χ2n) is 7.34. The predicted octanol–water partition coefficient (Wildman–Crippen LogP) is 1.29. The second kappa shape index (κ2) is 8.71. The molecule has 0 spiro atoms. The van der Waals surface area contributed by atoms with Crippen molar-refractivity contribution in [2.24, 2.45) is 0 Å². The van der Waals surface area contributed by atoms with E-state index in [1.165, 1.54) is 0 Å². The number of rotatable bonds is 8. The number of hydrogen-bond acceptors (Lipinski definition) is 5. The van der Waals surface area contributed by atoms with Gasteiger partial charge in [-0.15, -0.1) is 0 Å². The minimum absolute atomic E-state index is 0.0204. The lowest BCUT2D eigenvalue weighted by atomic mass is 9.90. The molecule has 7 nitrogen and oxygen atoms in total. The van der Waals surface area contributed by atoms with Crippen molar-refractivity contribution in [3.8, 4) is 5.75 Å². The topological polar surface area (TPSA) is 88.7 Å². The third-order valence-corrected chi connectivity index (χ3v) is 5.26. The SMILES string of the molecule is COC1(C(=O)NC(C)c2ccc(OCC(=O)NC3CC3)cc2)CCNCC1. The molecule has 0 aromatic heterocycles. The lowest BCUT2D eigenvalue weighted by molar-refractivity contribution is -0.147. The normalized spacial score (nSPS) is 19.8. The molecule has 2 amide bonds. The average Bonchev–Trinajstić information content (AvgIpc) is 3.51. The number of benzene rings is 1. The smallest absolute Gasteiger partial charge is 0.258 e. The summed E-state index contributed by atoms with van der Waals surface area (Å²) in [6, 6.07) is 7.63. The molecule has 3 N–H and O–H groups in total. The summed E-state index contributed by atoms with van der Waals surface area (Å²) in [6.45, 7) is 3.51. The lowest BCUT2D eigenvalue weighted by Crippen LogP contribution is -2.54. The summed E-state index contributed by atoms with van der Waals surface area (Å²) < 4.78 is 11.1. The highest BCUT2D eigenvalue weighted by molar-refractivity contribution is 5.85. The molecule has 1 atom stereocenters. The molecule has 0 bridgehead atoms. The van der Waals surface area contributed by atoms with E-state index in [1.54, 1.807) is 7.11 Å². The van der Waals surface area contributed by atoms with Gasteiger partial charge < -0.3 is 25.4 Å². The average molecular weight is 375 g/mol. The number of amides is 2. The number of nitrogens with one attached hydrogen (secondary N) is 3. The van der Waals surface area contributed by atoms with E-state index in [-0.39, 0.29) is 24.5 Å². The third-order valence-electron chi connectivity index (χ3n) is 5.26. The lowest BCUT2D eigenvalue weighted by Gasteiger charge is -2.35. The van der Waals surface area contributed by atoms with Gasteiger partial charge in [0.2, 0.25) is 0 Å². The highest BCUT2D eigenvalue weighted by atomic mass is 16.5. The van der Waals surface area contributed by atoms with E-state index < -0.39 is 5.60 Å². The summed E-state index contributed by atoms with van der Waals surface area (Å²) >= 11 is 0. The van der Waals surface area contributed by atoms with Gasteiger partial charge in [0.15, 0.2) is 6.61 Å². The van der Waals surface area contributed by atoms with E-state index in [1.807, 2.05) is 31.2 Å². The number of ether oxygens (including phenoxy) is 2. The molecule has 2 fully saturated rings. The standard InChI is InChI=1S/C20H29N3O4/c1-14(22-19(25)20(26-2)9-11-21-12-10-20)15-3-7-17(8-4-15)27-13-18(24)23-16-5-6-16/h3-4,7-8,14,16,21H,5-6,9-13H2,1-2H3,(H,22,25)(H,23,24). The maximum absolute atomic E-state index is 12.7. The molecule has 1 saturated heterocycles. The van der Waals surface area contributed by atoms with Crippen LogP contribution in [0.5, 0.6) is 5.75 Å². The Labute approximate surface area is 160 Å². The molecule has 1 unspecified atom stereocenters. The van der Waals surface area contributed by atoms with Gasteiger partial charge in [-0.2, -0.15) is 0 Å². The summed E-state index contributed by atoms with van der Waals surface area (Å²) in [6.07, 6.45) is 3.45. The molecule has 148 valence electrons. The molecule has 1 aliphatic carbocycles. The van der Waals surface area contributed by atoms with Crippen LogP contribution in [0.3, 0.4) is 0 Å². The Hall–Kier alpha value is -2.12. The Morgan fingerprint density at radius 1 is 1.22 bits per heavy atom. The molecular formula is C20H29N3O4. The first-order chi connectivity index (χ1) is 13.0. The van der Waals surface area contributed by atoms with Crippen LogP contribution in [0.25, 0.3) is 0 Å². The predicted molar refractivity (Wildman–Crippen MR) is 102 cm³/mol. The Morgan fingerprint density at radius 3 is 2.48 bits per heavy atom. The van der Waals surface area contributed by atoms with Gasteiger partial charge >= 0.3 is 0 Å². The second-order valence-corrected chi connectivity index (χ2v) is 7.34. The number of carbonyl (C=O) groups excluding carboxylic acids is 2. The minimum Gasteiger partial charge on any atom is -0.484 e. The van der Waals surface area contributed by atoms with Crippen molar-refractivity contribution in [2.45, 2.75) is 50.3 Å². The van der Waals surface area contributed by atoms with Crippen LogP contribution in [-0.4, -0.2) is 50.3 Å². The molecular weight excluding hydrogens is 346 g/mol. The molecule has 1 aliphatic heterocycles. The van der Waals surface area contributed by atoms with Crippen LogP contribution in [0.4, 0.5) is 0 Å². The van der Waals surface area contributed by atoms with Crippen molar-refractivity contribution >= 4 is 11.8 Å². The minimum atomic E-state index is -0.752. The Balaban J connectivity index is 1.51. The molecule has 1 saturated carbocycles. The van der Waals surface area contributed by atoms with Crippen LogP contribution < -0.4 is 20.7 Å². The van der Waals surface area contributed by atoms with E-state index in [0.717, 1.165) is 31.5 Å². The van der Waals surface area contributed by atoms with Crippen molar-refractivity contribution in [3.05, 3.63) is 29.8 Å². The number of piperidine rings is 1. The quantitative estimate of drug-likeness (QED) is 0.637. The maximum Gasteiger partial charge on any atom is 0.258 e. The van der Waals surface area contributed by atoms with Crippen LogP contribution in [-0.2, 0) is 14.3 Å². The number of methoxy groups -OCH3 is 1. The van der Waals surface area contributed by atoms with Crippen LogP contribution in [0.2, 0.25) is 0 Å². The largest absolute Gasteiger partial charge is 0.484 e.